The van der Waals surface area contributed by atoms with Crippen LogP contribution >= 0.6 is 11.3 Å². The fourth-order valence-electron chi connectivity index (χ4n) is 3.06. The van der Waals surface area contributed by atoms with Crippen LogP contribution in [0.3, 0.4) is 0 Å². The van der Waals surface area contributed by atoms with Gasteiger partial charge in [-0.3, -0.25) is 9.59 Å². The molecule has 1 heterocycles. The molecule has 1 atom stereocenters. The zero-order valence-corrected chi connectivity index (χ0v) is 15.2. The first-order chi connectivity index (χ1) is 12.1. The average Bonchev–Trinajstić information content (AvgIpc) is 3.25. The normalized spacial score (nSPS) is 14.0. The summed E-state index contributed by atoms with van der Waals surface area (Å²) in [7, 11) is 0. The maximum atomic E-state index is 12.2. The van der Waals surface area contributed by atoms with Crippen molar-refractivity contribution in [1.29, 1.82) is 0 Å². The first-order valence-corrected chi connectivity index (χ1v) is 9.64. The third-order valence-corrected chi connectivity index (χ3v) is 5.36. The van der Waals surface area contributed by atoms with Crippen LogP contribution in [0.4, 0.5) is 5.69 Å². The van der Waals surface area contributed by atoms with Gasteiger partial charge in [0, 0.05) is 17.0 Å². The maximum absolute atomic E-state index is 12.2. The van der Waals surface area contributed by atoms with Crippen LogP contribution in [0.2, 0.25) is 0 Å². The van der Waals surface area contributed by atoms with Crippen molar-refractivity contribution in [2.24, 2.45) is 0 Å². The number of ether oxygens (including phenoxy) is 1. The Hall–Kier alpha value is -2.14. The first-order valence-electron chi connectivity index (χ1n) is 8.76. The van der Waals surface area contributed by atoms with Crippen molar-refractivity contribution in [3.8, 4) is 0 Å². The van der Waals surface area contributed by atoms with Crippen molar-refractivity contribution in [1.82, 2.24) is 0 Å². The molecule has 132 valence electrons. The number of anilines is 1. The van der Waals surface area contributed by atoms with E-state index in [0.717, 1.165) is 31.4 Å². The van der Waals surface area contributed by atoms with E-state index in [9.17, 15) is 9.59 Å². The molecular formula is C20H23NO3S. The number of nitrogens with one attached hydrogen (secondary N) is 1. The lowest BCUT2D eigenvalue weighted by Gasteiger charge is -2.14. The van der Waals surface area contributed by atoms with E-state index in [1.54, 1.807) is 18.3 Å². The Morgan fingerprint density at radius 2 is 2.08 bits per heavy atom. The van der Waals surface area contributed by atoms with E-state index in [1.807, 2.05) is 23.6 Å². The number of esters is 1. The topological polar surface area (TPSA) is 55.4 Å². The minimum absolute atomic E-state index is 0.287. The molecule has 25 heavy (non-hydrogen) atoms. The summed E-state index contributed by atoms with van der Waals surface area (Å²) in [6.07, 6.45) is 4.49. The molecule has 1 amide bonds. The zero-order chi connectivity index (χ0) is 17.6. The van der Waals surface area contributed by atoms with Crippen LogP contribution in [0.25, 0.3) is 0 Å². The molecule has 1 aliphatic rings. The molecule has 1 aliphatic carbocycles. The molecule has 2 aromatic rings. The monoisotopic (exact) mass is 357 g/mol. The number of hydrogen-bond donors (Lipinski definition) is 1. The van der Waals surface area contributed by atoms with Gasteiger partial charge in [0.2, 0.25) is 0 Å². The van der Waals surface area contributed by atoms with Crippen molar-refractivity contribution in [3.63, 3.8) is 0 Å². The minimum atomic E-state index is -0.789. The zero-order valence-electron chi connectivity index (χ0n) is 14.4. The molecule has 4 nitrogen and oxygen atoms in total. The van der Waals surface area contributed by atoms with Gasteiger partial charge in [-0.15, -0.1) is 11.3 Å². The summed E-state index contributed by atoms with van der Waals surface area (Å²) in [5.74, 6) is -0.613. The van der Waals surface area contributed by atoms with Gasteiger partial charge >= 0.3 is 5.97 Å². The van der Waals surface area contributed by atoms with Gasteiger partial charge in [0.25, 0.3) is 5.91 Å². The van der Waals surface area contributed by atoms with Crippen LogP contribution in [-0.4, -0.2) is 18.0 Å². The van der Waals surface area contributed by atoms with Gasteiger partial charge in [0.15, 0.2) is 6.10 Å². The number of thiophene rings is 1. The Labute approximate surface area is 152 Å². The number of fused-ring (bicyclic) bond motifs is 1. The van der Waals surface area contributed by atoms with E-state index in [-0.39, 0.29) is 11.9 Å². The third kappa shape index (κ3) is 4.92. The number of carbonyl (C=O) groups excluding carboxylic acids is 2. The predicted molar refractivity (Wildman–Crippen MR) is 99.9 cm³/mol. The smallest absolute Gasteiger partial charge is 0.306 e. The van der Waals surface area contributed by atoms with Gasteiger partial charge in [-0.25, -0.2) is 0 Å². The number of carbonyl (C=O) groups is 2. The summed E-state index contributed by atoms with van der Waals surface area (Å²) < 4.78 is 5.25. The van der Waals surface area contributed by atoms with Crippen molar-refractivity contribution in [3.05, 3.63) is 51.7 Å². The van der Waals surface area contributed by atoms with Crippen LogP contribution in [-0.2, 0) is 33.6 Å². The second kappa shape index (κ2) is 8.30. The maximum Gasteiger partial charge on any atom is 0.306 e. The van der Waals surface area contributed by atoms with Crippen LogP contribution in [0.5, 0.6) is 0 Å². The second-order valence-corrected chi connectivity index (χ2v) is 7.42. The fraction of sp³-hybridized carbons (Fsp3) is 0.400. The van der Waals surface area contributed by atoms with Crippen molar-refractivity contribution < 1.29 is 14.3 Å². The van der Waals surface area contributed by atoms with Gasteiger partial charge in [0.1, 0.15) is 0 Å². The Morgan fingerprint density at radius 3 is 2.88 bits per heavy atom. The molecular weight excluding hydrogens is 334 g/mol. The molecule has 0 fully saturated rings. The largest absolute Gasteiger partial charge is 0.453 e. The fourth-order valence-corrected chi connectivity index (χ4v) is 3.82. The molecule has 1 N–H and O–H groups in total. The lowest BCUT2D eigenvalue weighted by molar-refractivity contribution is -0.153. The highest BCUT2D eigenvalue weighted by atomic mass is 32.1. The van der Waals surface area contributed by atoms with E-state index in [1.165, 1.54) is 22.4 Å². The summed E-state index contributed by atoms with van der Waals surface area (Å²) in [4.78, 5) is 25.4. The molecule has 0 bridgehead atoms. The third-order valence-electron chi connectivity index (χ3n) is 4.43. The van der Waals surface area contributed by atoms with Crippen LogP contribution in [0.15, 0.2) is 35.7 Å². The molecule has 3 rings (SSSR count). The van der Waals surface area contributed by atoms with E-state index in [4.69, 9.17) is 4.74 Å². The summed E-state index contributed by atoms with van der Waals surface area (Å²) >= 11 is 1.69. The molecule has 0 saturated carbocycles. The van der Waals surface area contributed by atoms with Gasteiger partial charge in [-0.2, -0.15) is 0 Å². The van der Waals surface area contributed by atoms with Gasteiger partial charge in [0.05, 0.1) is 0 Å². The predicted octanol–water partition coefficient (Wildman–Crippen LogP) is 4.13. The lowest BCUT2D eigenvalue weighted by atomic mass is 10.1. The summed E-state index contributed by atoms with van der Waals surface area (Å²) in [6.45, 7) is 1.61. The Bertz CT molecular complexity index is 739. The molecule has 5 heteroatoms. The SMILES string of the molecule is C[C@H](OC(=O)CCCc1cccs1)C(=O)Nc1ccc2c(c1)CCC2. The highest BCUT2D eigenvalue weighted by Crippen LogP contribution is 2.25. The quantitative estimate of drug-likeness (QED) is 0.758. The van der Waals surface area contributed by atoms with Crippen LogP contribution < -0.4 is 5.32 Å². The van der Waals surface area contributed by atoms with E-state index < -0.39 is 6.10 Å². The van der Waals surface area contributed by atoms with E-state index in [0.29, 0.717) is 6.42 Å². The van der Waals surface area contributed by atoms with E-state index >= 15 is 0 Å². The highest BCUT2D eigenvalue weighted by Gasteiger charge is 2.19. The molecule has 0 spiro atoms. The molecule has 1 aromatic carbocycles. The van der Waals surface area contributed by atoms with Gasteiger partial charge in [-0.05, 0) is 73.7 Å². The highest BCUT2D eigenvalue weighted by molar-refractivity contribution is 7.09. The van der Waals surface area contributed by atoms with Crippen molar-refractivity contribution in [2.75, 3.05) is 5.32 Å². The summed E-state index contributed by atoms with van der Waals surface area (Å²) in [5, 5.41) is 4.87. The van der Waals surface area contributed by atoms with Gasteiger partial charge in [-0.1, -0.05) is 12.1 Å². The van der Waals surface area contributed by atoms with Crippen LogP contribution in [0.1, 0.15) is 42.2 Å². The standard InChI is InChI=1S/C20H23NO3S/c1-14(24-19(22)9-3-7-18-8-4-12-25-18)20(23)21-17-11-10-15-5-2-6-16(15)13-17/h4,8,10-14H,2-3,5-7,9H2,1H3,(H,21,23)/t14-/m0/s1. The Balaban J connectivity index is 1.43. The summed E-state index contributed by atoms with van der Waals surface area (Å²) in [6, 6.07) is 10.1. The lowest BCUT2D eigenvalue weighted by Crippen LogP contribution is -2.30. The molecule has 0 saturated heterocycles. The number of benzene rings is 1. The van der Waals surface area contributed by atoms with Gasteiger partial charge < -0.3 is 10.1 Å². The summed E-state index contributed by atoms with van der Waals surface area (Å²) in [5.41, 5.74) is 3.44. The van der Waals surface area contributed by atoms with Crippen LogP contribution in [0, 0.1) is 0 Å². The molecule has 0 aliphatic heterocycles. The molecule has 0 radical (unpaired) electrons. The molecule has 0 unspecified atom stereocenters. The number of rotatable bonds is 7. The number of amides is 1. The minimum Gasteiger partial charge on any atom is -0.453 e. The van der Waals surface area contributed by atoms with Crippen molar-refractivity contribution in [2.45, 2.75) is 51.6 Å². The molecule has 1 aromatic heterocycles. The number of aryl methyl sites for hydroxylation is 3. The Morgan fingerprint density at radius 1 is 1.24 bits per heavy atom. The Kier molecular flexibility index (Phi) is 5.87. The van der Waals surface area contributed by atoms with E-state index in [2.05, 4.69) is 17.4 Å². The number of hydrogen-bond acceptors (Lipinski definition) is 4. The average molecular weight is 357 g/mol. The first kappa shape index (κ1) is 17.7. The second-order valence-electron chi connectivity index (χ2n) is 6.39. The van der Waals surface area contributed by atoms with Crippen molar-refractivity contribution >= 4 is 28.9 Å².